The molecule has 24 heavy (non-hydrogen) atoms. The summed E-state index contributed by atoms with van der Waals surface area (Å²) in [7, 11) is 0. The quantitative estimate of drug-likeness (QED) is 0.805. The minimum Gasteiger partial charge on any atom is -0.465 e. The second-order valence-corrected chi connectivity index (χ2v) is 6.19. The molecule has 2 rings (SSSR count). The highest BCUT2D eigenvalue weighted by Crippen LogP contribution is 2.24. The number of hydrogen-bond donors (Lipinski definition) is 2. The summed E-state index contributed by atoms with van der Waals surface area (Å²) in [6.07, 6.45) is -1.05. The van der Waals surface area contributed by atoms with E-state index in [1.807, 2.05) is 0 Å². The first-order chi connectivity index (χ1) is 11.2. The van der Waals surface area contributed by atoms with E-state index in [0.29, 0.717) is 27.6 Å². The Morgan fingerprint density at radius 1 is 1.25 bits per heavy atom. The Labute approximate surface area is 142 Å². The summed E-state index contributed by atoms with van der Waals surface area (Å²) in [5.41, 5.74) is 6.44. The average molecular weight is 350 g/mol. The van der Waals surface area contributed by atoms with Crippen LogP contribution >= 0.6 is 11.3 Å². The number of thiophene rings is 1. The molecule has 0 aliphatic carbocycles. The largest absolute Gasteiger partial charge is 0.465 e. The Hall–Kier alpha value is -2.61. The number of primary amides is 1. The van der Waals surface area contributed by atoms with Gasteiger partial charge >= 0.3 is 5.97 Å². The summed E-state index contributed by atoms with van der Waals surface area (Å²) in [5, 5.41) is 4.49. The van der Waals surface area contributed by atoms with Crippen molar-refractivity contribution in [2.24, 2.45) is 5.73 Å². The van der Waals surface area contributed by atoms with E-state index in [-0.39, 0.29) is 5.56 Å². The summed E-state index contributed by atoms with van der Waals surface area (Å²) >= 11 is 1.16. The monoisotopic (exact) mass is 350 g/mol. The van der Waals surface area contributed by atoms with Crippen LogP contribution in [0.3, 0.4) is 0 Å². The van der Waals surface area contributed by atoms with E-state index in [0.717, 1.165) is 11.3 Å². The van der Waals surface area contributed by atoms with Gasteiger partial charge in [0.15, 0.2) is 6.10 Å². The number of esters is 1. The molecule has 0 aliphatic heterocycles. The van der Waals surface area contributed by atoms with Crippen molar-refractivity contribution in [3.63, 3.8) is 0 Å². The molecule has 2 aromatic rings. The third kappa shape index (κ3) is 3.48. The van der Waals surface area contributed by atoms with Gasteiger partial charge in [-0.15, -0.1) is 11.3 Å². The number of ether oxygens (including phenoxy) is 1. The number of nitrogens with two attached hydrogens (primary N) is 1. The van der Waals surface area contributed by atoms with Crippen LogP contribution in [-0.2, 0) is 9.53 Å². The minimum absolute atomic E-state index is 0.212. The Kier molecular flexibility index (Phi) is 5.08. The maximum atomic E-state index is 12.3. The minimum atomic E-state index is -1.05. The fourth-order valence-electron chi connectivity index (χ4n) is 2.18. The zero-order valence-electron chi connectivity index (χ0n) is 13.8. The Bertz CT molecular complexity index is 805. The summed E-state index contributed by atoms with van der Waals surface area (Å²) in [6.45, 7) is 6.60. The highest BCUT2D eigenvalue weighted by Gasteiger charge is 2.25. The van der Waals surface area contributed by atoms with Crippen molar-refractivity contribution in [3.8, 4) is 0 Å². The van der Waals surface area contributed by atoms with Crippen LogP contribution < -0.4 is 11.1 Å². The molecule has 0 aliphatic rings. The number of rotatable bonds is 5. The van der Waals surface area contributed by atoms with Crippen LogP contribution in [0.5, 0.6) is 0 Å². The van der Waals surface area contributed by atoms with Gasteiger partial charge in [-0.1, -0.05) is 0 Å². The van der Waals surface area contributed by atoms with Crippen LogP contribution in [0.1, 0.15) is 44.7 Å². The number of carbonyl (C=O) groups is 3. The molecule has 1 atom stereocenters. The van der Waals surface area contributed by atoms with E-state index in [1.54, 1.807) is 26.2 Å². The molecule has 1 unspecified atom stereocenters. The zero-order chi connectivity index (χ0) is 18.0. The van der Waals surface area contributed by atoms with E-state index in [9.17, 15) is 14.4 Å². The Morgan fingerprint density at radius 2 is 1.92 bits per heavy atom. The number of aryl methyl sites for hydroxylation is 2. The first kappa shape index (κ1) is 17.7. The first-order valence-electron chi connectivity index (χ1n) is 7.18. The maximum absolute atomic E-state index is 12.3. The number of furan rings is 1. The molecule has 0 aromatic carbocycles. The van der Waals surface area contributed by atoms with Crippen molar-refractivity contribution in [3.05, 3.63) is 39.7 Å². The van der Waals surface area contributed by atoms with Gasteiger partial charge in [0.1, 0.15) is 22.1 Å². The van der Waals surface area contributed by atoms with Gasteiger partial charge in [-0.2, -0.15) is 0 Å². The van der Waals surface area contributed by atoms with Crippen molar-refractivity contribution in [1.29, 1.82) is 0 Å². The van der Waals surface area contributed by atoms with Crippen molar-refractivity contribution >= 4 is 34.1 Å². The molecule has 2 amide bonds. The number of carbonyl (C=O) groups excluding carboxylic acids is 3. The summed E-state index contributed by atoms with van der Waals surface area (Å²) < 4.78 is 10.6. The third-order valence-electron chi connectivity index (χ3n) is 3.59. The lowest BCUT2D eigenvalue weighted by atomic mass is 10.1. The van der Waals surface area contributed by atoms with Crippen LogP contribution in [0.2, 0.25) is 0 Å². The average Bonchev–Trinajstić information content (AvgIpc) is 3.04. The molecular weight excluding hydrogens is 332 g/mol. The predicted octanol–water partition coefficient (Wildman–Crippen LogP) is 2.55. The molecule has 3 N–H and O–H groups in total. The van der Waals surface area contributed by atoms with Crippen molar-refractivity contribution in [2.45, 2.75) is 33.8 Å². The van der Waals surface area contributed by atoms with E-state index in [4.69, 9.17) is 14.9 Å². The lowest BCUT2D eigenvalue weighted by Crippen LogP contribution is -2.30. The molecule has 0 saturated heterocycles. The van der Waals surface area contributed by atoms with E-state index in [2.05, 4.69) is 5.32 Å². The summed E-state index contributed by atoms with van der Waals surface area (Å²) in [5.74, 6) is -0.760. The van der Waals surface area contributed by atoms with Gasteiger partial charge < -0.3 is 20.2 Å². The lowest BCUT2D eigenvalue weighted by Gasteiger charge is -2.13. The molecule has 0 spiro atoms. The van der Waals surface area contributed by atoms with Crippen molar-refractivity contribution < 1.29 is 23.5 Å². The molecule has 0 radical (unpaired) electrons. The van der Waals surface area contributed by atoms with Crippen LogP contribution in [0.4, 0.5) is 5.00 Å². The highest BCUT2D eigenvalue weighted by atomic mass is 32.1. The standard InChI is InChI=1S/C16H18N2O5S/c1-7-8(2)22-9(3)12(7)16(21)23-10(4)14(20)18-15-11(13(17)19)5-6-24-15/h5-6,10H,1-4H3,(H2,17,19)(H,18,20). The van der Waals surface area contributed by atoms with E-state index in [1.165, 1.54) is 13.0 Å². The molecule has 8 heteroatoms. The Balaban J connectivity index is 2.07. The number of hydrogen-bond acceptors (Lipinski definition) is 6. The van der Waals surface area contributed by atoms with Gasteiger partial charge in [0.2, 0.25) is 0 Å². The number of amides is 2. The van der Waals surface area contributed by atoms with Crippen LogP contribution in [-0.4, -0.2) is 23.9 Å². The number of anilines is 1. The molecule has 0 fully saturated rings. The van der Waals surface area contributed by atoms with Crippen LogP contribution in [0, 0.1) is 20.8 Å². The van der Waals surface area contributed by atoms with Crippen molar-refractivity contribution in [1.82, 2.24) is 0 Å². The van der Waals surface area contributed by atoms with Crippen molar-refractivity contribution in [2.75, 3.05) is 5.32 Å². The molecule has 128 valence electrons. The second-order valence-electron chi connectivity index (χ2n) is 5.28. The first-order valence-corrected chi connectivity index (χ1v) is 8.06. The van der Waals surface area contributed by atoms with Gasteiger partial charge in [0, 0.05) is 5.56 Å². The molecule has 0 saturated carbocycles. The van der Waals surface area contributed by atoms with E-state index < -0.39 is 23.9 Å². The lowest BCUT2D eigenvalue weighted by molar-refractivity contribution is -0.123. The second kappa shape index (κ2) is 6.88. The SMILES string of the molecule is Cc1oc(C)c(C(=O)OC(C)C(=O)Nc2sccc2C(N)=O)c1C. The fraction of sp³-hybridized carbons (Fsp3) is 0.312. The topological polar surface area (TPSA) is 112 Å². The van der Waals surface area contributed by atoms with Gasteiger partial charge in [-0.05, 0) is 39.1 Å². The molecule has 0 bridgehead atoms. The molecular formula is C16H18N2O5S. The van der Waals surface area contributed by atoms with Gasteiger partial charge in [-0.25, -0.2) is 4.79 Å². The fourth-order valence-corrected chi connectivity index (χ4v) is 2.98. The van der Waals surface area contributed by atoms with Gasteiger partial charge in [-0.3, -0.25) is 9.59 Å². The maximum Gasteiger partial charge on any atom is 0.342 e. The highest BCUT2D eigenvalue weighted by molar-refractivity contribution is 7.14. The zero-order valence-corrected chi connectivity index (χ0v) is 14.6. The van der Waals surface area contributed by atoms with Crippen LogP contribution in [0.25, 0.3) is 0 Å². The normalized spacial score (nSPS) is 11.8. The van der Waals surface area contributed by atoms with Crippen LogP contribution in [0.15, 0.2) is 15.9 Å². The van der Waals surface area contributed by atoms with Gasteiger partial charge in [0.05, 0.1) is 5.56 Å². The smallest absolute Gasteiger partial charge is 0.342 e. The van der Waals surface area contributed by atoms with Gasteiger partial charge in [0.25, 0.3) is 11.8 Å². The summed E-state index contributed by atoms with van der Waals surface area (Å²) in [6, 6.07) is 1.51. The molecule has 2 heterocycles. The predicted molar refractivity (Wildman–Crippen MR) is 89.3 cm³/mol. The summed E-state index contributed by atoms with van der Waals surface area (Å²) in [4.78, 5) is 35.7. The molecule has 2 aromatic heterocycles. The third-order valence-corrected chi connectivity index (χ3v) is 4.42. The Morgan fingerprint density at radius 3 is 2.46 bits per heavy atom. The number of nitrogens with one attached hydrogen (secondary N) is 1. The van der Waals surface area contributed by atoms with E-state index >= 15 is 0 Å². The molecule has 7 nitrogen and oxygen atoms in total.